The van der Waals surface area contributed by atoms with E-state index in [0.29, 0.717) is 0 Å². The van der Waals surface area contributed by atoms with Gasteiger partial charge in [0, 0.05) is 5.39 Å². The van der Waals surface area contributed by atoms with Crippen LogP contribution in [0.2, 0.25) is 0 Å². The lowest BCUT2D eigenvalue weighted by atomic mass is 9.76. The number of hydrogen-bond donors (Lipinski definition) is 4. The van der Waals surface area contributed by atoms with Crippen LogP contribution in [0.4, 0.5) is 0 Å². The second kappa shape index (κ2) is 6.34. The topological polar surface area (TPSA) is 82.7 Å². The molecular weight excluding hydrogens is 277 g/mol. The lowest BCUT2D eigenvalue weighted by Crippen LogP contribution is -2.49. The van der Waals surface area contributed by atoms with E-state index in [1.807, 2.05) is 24.3 Å². The second-order valence-corrected chi connectivity index (χ2v) is 5.44. The highest BCUT2D eigenvalue weighted by Gasteiger charge is 2.27. The van der Waals surface area contributed by atoms with Gasteiger partial charge in [-0.1, -0.05) is 18.2 Å². The maximum Gasteiger partial charge on any atom is 0.475 e. The molecule has 0 saturated carbocycles. The number of para-hydroxylation sites is 1. The molecule has 0 aliphatic rings. The Kier molecular flexibility index (Phi) is 4.75. The van der Waals surface area contributed by atoms with Crippen LogP contribution in [-0.4, -0.2) is 34.3 Å². The average molecular weight is 293 g/mol. The zero-order valence-electron chi connectivity index (χ0n) is 11.0. The summed E-state index contributed by atoms with van der Waals surface area (Å²) >= 11 is 4.02. The lowest BCUT2D eigenvalue weighted by molar-refractivity contribution is -0.120. The van der Waals surface area contributed by atoms with Crippen molar-refractivity contribution in [3.63, 3.8) is 0 Å². The fourth-order valence-electron chi connectivity index (χ4n) is 1.96. The predicted molar refractivity (Wildman–Crippen MR) is 80.5 cm³/mol. The SMILES string of the molecule is CC(S)C(=O)NC(Cc1coc2ccccc12)B(O)O. The van der Waals surface area contributed by atoms with Crippen molar-refractivity contribution >= 4 is 36.6 Å². The van der Waals surface area contributed by atoms with Crippen LogP contribution in [0.3, 0.4) is 0 Å². The van der Waals surface area contributed by atoms with E-state index in [1.165, 1.54) is 0 Å². The normalized spacial score (nSPS) is 14.0. The number of carbonyl (C=O) groups excluding carboxylic acids is 1. The number of thiol groups is 1. The van der Waals surface area contributed by atoms with Gasteiger partial charge in [-0.05, 0) is 25.0 Å². The van der Waals surface area contributed by atoms with Crippen molar-refractivity contribution in [3.8, 4) is 0 Å². The van der Waals surface area contributed by atoms with Gasteiger partial charge in [0.2, 0.25) is 5.91 Å². The van der Waals surface area contributed by atoms with Crippen molar-refractivity contribution in [2.24, 2.45) is 0 Å². The molecule has 1 heterocycles. The molecule has 7 heteroatoms. The third-order valence-corrected chi connectivity index (χ3v) is 3.30. The number of rotatable bonds is 5. The molecule has 3 N–H and O–H groups in total. The number of furan rings is 1. The first-order valence-corrected chi connectivity index (χ1v) is 6.80. The van der Waals surface area contributed by atoms with Gasteiger partial charge in [-0.2, -0.15) is 12.6 Å². The second-order valence-electron chi connectivity index (χ2n) is 4.67. The number of carbonyl (C=O) groups is 1. The maximum absolute atomic E-state index is 11.6. The molecule has 2 aromatic rings. The van der Waals surface area contributed by atoms with Gasteiger partial charge < -0.3 is 19.8 Å². The minimum Gasteiger partial charge on any atom is -0.464 e. The zero-order valence-corrected chi connectivity index (χ0v) is 11.9. The monoisotopic (exact) mass is 293 g/mol. The standard InChI is InChI=1S/C13H16BNO4S/c1-8(20)13(16)15-12(14(17)18)6-9-7-19-11-5-3-2-4-10(9)11/h2-5,7-8,12,17-18,20H,6H2,1H3,(H,15,16). The van der Waals surface area contributed by atoms with Crippen LogP contribution in [-0.2, 0) is 11.2 Å². The van der Waals surface area contributed by atoms with Crippen molar-refractivity contribution in [1.82, 2.24) is 5.32 Å². The molecule has 2 unspecified atom stereocenters. The summed E-state index contributed by atoms with van der Waals surface area (Å²) in [4.78, 5) is 11.6. The van der Waals surface area contributed by atoms with Crippen LogP contribution in [0.15, 0.2) is 34.9 Å². The Morgan fingerprint density at radius 2 is 2.15 bits per heavy atom. The van der Waals surface area contributed by atoms with Gasteiger partial charge >= 0.3 is 7.12 Å². The minimum atomic E-state index is -1.65. The molecule has 0 saturated heterocycles. The highest BCUT2D eigenvalue weighted by atomic mass is 32.1. The first-order valence-electron chi connectivity index (χ1n) is 6.28. The molecule has 1 aromatic heterocycles. The van der Waals surface area contributed by atoms with Crippen molar-refractivity contribution in [2.75, 3.05) is 0 Å². The van der Waals surface area contributed by atoms with Crippen molar-refractivity contribution in [3.05, 3.63) is 36.1 Å². The molecule has 106 valence electrons. The zero-order chi connectivity index (χ0) is 14.7. The molecular formula is C13H16BNO4S. The predicted octanol–water partition coefficient (Wildman–Crippen LogP) is 0.790. The third kappa shape index (κ3) is 3.36. The quantitative estimate of drug-likeness (QED) is 0.485. The first-order chi connectivity index (χ1) is 9.49. The van der Waals surface area contributed by atoms with E-state index in [4.69, 9.17) is 4.42 Å². The van der Waals surface area contributed by atoms with E-state index in [1.54, 1.807) is 13.2 Å². The van der Waals surface area contributed by atoms with Crippen LogP contribution in [0.25, 0.3) is 11.0 Å². The van der Waals surface area contributed by atoms with Gasteiger partial charge in [-0.3, -0.25) is 4.79 Å². The third-order valence-electron chi connectivity index (χ3n) is 3.07. The molecule has 5 nitrogen and oxygen atoms in total. The molecule has 0 bridgehead atoms. The summed E-state index contributed by atoms with van der Waals surface area (Å²) in [5.41, 5.74) is 1.54. The molecule has 2 atom stereocenters. The Hall–Kier alpha value is -1.44. The molecule has 2 rings (SSSR count). The first kappa shape index (κ1) is 15.0. The van der Waals surface area contributed by atoms with Crippen molar-refractivity contribution < 1.29 is 19.3 Å². The highest BCUT2D eigenvalue weighted by Crippen LogP contribution is 2.22. The van der Waals surface area contributed by atoms with Crippen LogP contribution in [0.1, 0.15) is 12.5 Å². The smallest absolute Gasteiger partial charge is 0.464 e. The number of benzene rings is 1. The van der Waals surface area contributed by atoms with E-state index >= 15 is 0 Å². The van der Waals surface area contributed by atoms with E-state index < -0.39 is 18.3 Å². The van der Waals surface area contributed by atoms with Gasteiger partial charge in [0.1, 0.15) is 5.58 Å². The molecule has 1 aromatic carbocycles. The van der Waals surface area contributed by atoms with Crippen molar-refractivity contribution in [2.45, 2.75) is 24.5 Å². The Morgan fingerprint density at radius 1 is 1.45 bits per heavy atom. The Bertz CT molecular complexity index is 599. The number of amides is 1. The minimum absolute atomic E-state index is 0.265. The van der Waals surface area contributed by atoms with Gasteiger partial charge in [0.15, 0.2) is 0 Å². The number of hydrogen-bond acceptors (Lipinski definition) is 5. The fourth-order valence-corrected chi connectivity index (χ4v) is 2.04. The molecule has 0 spiro atoms. The lowest BCUT2D eigenvalue weighted by Gasteiger charge is -2.18. The van der Waals surface area contributed by atoms with Gasteiger partial charge in [-0.15, -0.1) is 0 Å². The summed E-state index contributed by atoms with van der Waals surface area (Å²) in [5.74, 6) is -1.16. The van der Waals surface area contributed by atoms with Crippen molar-refractivity contribution in [1.29, 1.82) is 0 Å². The molecule has 0 aliphatic carbocycles. The van der Waals surface area contributed by atoms with Gasteiger partial charge in [-0.25, -0.2) is 0 Å². The average Bonchev–Trinajstić information content (AvgIpc) is 2.81. The van der Waals surface area contributed by atoms with E-state index in [0.717, 1.165) is 16.5 Å². The largest absolute Gasteiger partial charge is 0.475 e. The summed E-state index contributed by atoms with van der Waals surface area (Å²) in [6.07, 6.45) is 1.83. The van der Waals surface area contributed by atoms with E-state index in [2.05, 4.69) is 17.9 Å². The van der Waals surface area contributed by atoms with Crippen LogP contribution >= 0.6 is 12.6 Å². The summed E-state index contributed by atoms with van der Waals surface area (Å²) in [7, 11) is -1.65. The van der Waals surface area contributed by atoms with Gasteiger partial charge in [0.25, 0.3) is 0 Å². The molecule has 1 amide bonds. The Morgan fingerprint density at radius 3 is 2.80 bits per heavy atom. The fraction of sp³-hybridized carbons (Fsp3) is 0.308. The summed E-state index contributed by atoms with van der Waals surface area (Å²) in [6, 6.07) is 7.45. The summed E-state index contributed by atoms with van der Waals surface area (Å²) < 4.78 is 5.39. The Labute approximate surface area is 122 Å². The number of fused-ring (bicyclic) bond motifs is 1. The van der Waals surface area contributed by atoms with Gasteiger partial charge in [0.05, 0.1) is 17.5 Å². The molecule has 0 aliphatic heterocycles. The van der Waals surface area contributed by atoms with E-state index in [9.17, 15) is 14.8 Å². The Balaban J connectivity index is 2.18. The summed E-state index contributed by atoms with van der Waals surface area (Å²) in [5, 5.41) is 21.7. The van der Waals surface area contributed by atoms with Crippen LogP contribution in [0, 0.1) is 0 Å². The highest BCUT2D eigenvalue weighted by molar-refractivity contribution is 7.81. The number of nitrogens with one attached hydrogen (secondary N) is 1. The maximum atomic E-state index is 11.6. The molecule has 0 fully saturated rings. The summed E-state index contributed by atoms with van der Waals surface area (Å²) in [6.45, 7) is 1.62. The van der Waals surface area contributed by atoms with Crippen LogP contribution in [0.5, 0.6) is 0 Å². The van der Waals surface area contributed by atoms with Crippen LogP contribution < -0.4 is 5.32 Å². The van der Waals surface area contributed by atoms with E-state index in [-0.39, 0.29) is 12.3 Å². The molecule has 20 heavy (non-hydrogen) atoms. The molecule has 0 radical (unpaired) electrons.